The van der Waals surface area contributed by atoms with Gasteiger partial charge in [0.1, 0.15) is 0 Å². The molecule has 88 valence electrons. The Kier molecular flexibility index (Phi) is 4.00. The fourth-order valence-corrected chi connectivity index (χ4v) is 2.94. The van der Waals surface area contributed by atoms with Crippen molar-refractivity contribution in [3.05, 3.63) is 0 Å². The molecule has 3 heteroatoms. The molecule has 0 bridgehead atoms. The van der Waals surface area contributed by atoms with E-state index in [2.05, 4.69) is 24.2 Å². The molecule has 1 aliphatic carbocycles. The molecule has 0 radical (unpaired) electrons. The van der Waals surface area contributed by atoms with Crippen molar-refractivity contribution in [2.24, 2.45) is 0 Å². The van der Waals surface area contributed by atoms with Crippen LogP contribution in [0.15, 0.2) is 0 Å². The average molecular weight is 212 g/mol. The fraction of sp³-hybridized carbons (Fsp3) is 1.00. The van der Waals surface area contributed by atoms with E-state index in [0.29, 0.717) is 6.04 Å². The van der Waals surface area contributed by atoms with E-state index in [4.69, 9.17) is 4.74 Å². The lowest BCUT2D eigenvalue weighted by molar-refractivity contribution is 0.133. The molecular weight excluding hydrogens is 188 g/mol. The Morgan fingerprint density at radius 2 is 2.13 bits per heavy atom. The van der Waals surface area contributed by atoms with E-state index >= 15 is 0 Å². The number of ether oxygens (including phenoxy) is 1. The molecule has 0 spiro atoms. The third kappa shape index (κ3) is 2.71. The molecule has 3 unspecified atom stereocenters. The van der Waals surface area contributed by atoms with Gasteiger partial charge in [0.05, 0.1) is 6.61 Å². The highest BCUT2D eigenvalue weighted by Crippen LogP contribution is 2.26. The molecule has 1 heterocycles. The van der Waals surface area contributed by atoms with E-state index in [1.807, 2.05) is 0 Å². The lowest BCUT2D eigenvalue weighted by Gasteiger charge is -2.29. The highest BCUT2D eigenvalue weighted by molar-refractivity contribution is 4.88. The molecule has 1 N–H and O–H groups in total. The van der Waals surface area contributed by atoms with Gasteiger partial charge in [-0.3, -0.25) is 4.90 Å². The third-order valence-electron chi connectivity index (χ3n) is 3.96. The van der Waals surface area contributed by atoms with E-state index in [9.17, 15) is 0 Å². The molecule has 3 atom stereocenters. The maximum atomic E-state index is 5.45. The third-order valence-corrected chi connectivity index (χ3v) is 3.96. The minimum atomic E-state index is 0.676. The van der Waals surface area contributed by atoms with Crippen molar-refractivity contribution in [3.63, 3.8) is 0 Å². The van der Waals surface area contributed by atoms with Crippen LogP contribution < -0.4 is 5.32 Å². The number of nitrogens with zero attached hydrogens (tertiary/aromatic N) is 1. The molecule has 1 saturated carbocycles. The second-order valence-corrected chi connectivity index (χ2v) is 4.90. The first-order chi connectivity index (χ1) is 7.31. The van der Waals surface area contributed by atoms with E-state index < -0.39 is 0 Å². The first kappa shape index (κ1) is 11.4. The van der Waals surface area contributed by atoms with Crippen LogP contribution in [-0.2, 0) is 4.74 Å². The van der Waals surface area contributed by atoms with Crippen LogP contribution in [0, 0.1) is 0 Å². The summed E-state index contributed by atoms with van der Waals surface area (Å²) in [7, 11) is 2.28. The minimum absolute atomic E-state index is 0.676. The van der Waals surface area contributed by atoms with Crippen LogP contribution in [0.4, 0.5) is 0 Å². The zero-order valence-corrected chi connectivity index (χ0v) is 10.0. The Morgan fingerprint density at radius 1 is 1.27 bits per heavy atom. The smallest absolute Gasteiger partial charge is 0.0622 e. The van der Waals surface area contributed by atoms with Crippen LogP contribution in [0.1, 0.15) is 32.6 Å². The summed E-state index contributed by atoms with van der Waals surface area (Å²) in [5.74, 6) is 0. The first-order valence-corrected chi connectivity index (χ1v) is 6.34. The van der Waals surface area contributed by atoms with Crippen LogP contribution in [0.3, 0.4) is 0 Å². The summed E-state index contributed by atoms with van der Waals surface area (Å²) in [6, 6.07) is 2.21. The maximum Gasteiger partial charge on any atom is 0.0622 e. The first-order valence-electron chi connectivity index (χ1n) is 6.34. The van der Waals surface area contributed by atoms with Crippen molar-refractivity contribution in [1.29, 1.82) is 0 Å². The van der Waals surface area contributed by atoms with E-state index in [-0.39, 0.29) is 0 Å². The van der Waals surface area contributed by atoms with Gasteiger partial charge in [-0.15, -0.1) is 0 Å². The Balaban J connectivity index is 1.79. The fourth-order valence-electron chi connectivity index (χ4n) is 2.94. The van der Waals surface area contributed by atoms with Gasteiger partial charge in [-0.1, -0.05) is 6.92 Å². The summed E-state index contributed by atoms with van der Waals surface area (Å²) < 4.78 is 5.45. The summed E-state index contributed by atoms with van der Waals surface area (Å²) in [6.07, 6.45) is 5.24. The summed E-state index contributed by atoms with van der Waals surface area (Å²) in [5, 5.41) is 3.56. The van der Waals surface area contributed by atoms with Gasteiger partial charge in [-0.05, 0) is 39.3 Å². The topological polar surface area (TPSA) is 24.5 Å². The minimum Gasteiger partial charge on any atom is -0.380 e. The van der Waals surface area contributed by atoms with Crippen LogP contribution in [0.2, 0.25) is 0 Å². The van der Waals surface area contributed by atoms with Gasteiger partial charge >= 0.3 is 0 Å². The average Bonchev–Trinajstić information content (AvgIpc) is 2.87. The summed E-state index contributed by atoms with van der Waals surface area (Å²) in [5.41, 5.74) is 0. The Hall–Kier alpha value is -0.120. The highest BCUT2D eigenvalue weighted by atomic mass is 16.5. The van der Waals surface area contributed by atoms with Crippen molar-refractivity contribution >= 4 is 0 Å². The summed E-state index contributed by atoms with van der Waals surface area (Å²) in [6.45, 7) is 5.20. The largest absolute Gasteiger partial charge is 0.380 e. The van der Waals surface area contributed by atoms with Crippen LogP contribution in [0.5, 0.6) is 0 Å². The van der Waals surface area contributed by atoms with Gasteiger partial charge in [0.2, 0.25) is 0 Å². The molecule has 0 aromatic carbocycles. The van der Waals surface area contributed by atoms with Crippen LogP contribution >= 0.6 is 0 Å². The lowest BCUT2D eigenvalue weighted by atomic mass is 10.1. The molecule has 3 nitrogen and oxygen atoms in total. The molecular formula is C12H24N2O. The Morgan fingerprint density at radius 3 is 2.80 bits per heavy atom. The van der Waals surface area contributed by atoms with Crippen molar-refractivity contribution in [1.82, 2.24) is 10.2 Å². The van der Waals surface area contributed by atoms with Gasteiger partial charge in [0.15, 0.2) is 0 Å². The number of hydrogen-bond donors (Lipinski definition) is 1. The molecule has 0 aromatic heterocycles. The van der Waals surface area contributed by atoms with Crippen molar-refractivity contribution in [2.75, 3.05) is 26.8 Å². The second kappa shape index (κ2) is 5.28. The van der Waals surface area contributed by atoms with Gasteiger partial charge in [0.25, 0.3) is 0 Å². The summed E-state index contributed by atoms with van der Waals surface area (Å²) >= 11 is 0. The lowest BCUT2D eigenvalue weighted by Crippen LogP contribution is -2.40. The zero-order valence-electron chi connectivity index (χ0n) is 10.0. The molecule has 0 aromatic rings. The van der Waals surface area contributed by atoms with E-state index in [0.717, 1.165) is 31.8 Å². The highest BCUT2D eigenvalue weighted by Gasteiger charge is 2.31. The monoisotopic (exact) mass is 212 g/mol. The molecule has 2 rings (SSSR count). The molecule has 15 heavy (non-hydrogen) atoms. The Labute approximate surface area is 93.2 Å². The number of nitrogens with one attached hydrogen (secondary N) is 1. The predicted octanol–water partition coefficient (Wildman–Crippen LogP) is 1.24. The number of likely N-dealkylation sites (N-methyl/N-ethyl adjacent to an activating group) is 1. The number of hydrogen-bond acceptors (Lipinski definition) is 3. The van der Waals surface area contributed by atoms with Crippen LogP contribution in [0.25, 0.3) is 0 Å². The summed E-state index contributed by atoms with van der Waals surface area (Å²) in [4.78, 5) is 2.56. The standard InChI is InChI=1S/C12H24N2O/c1-3-13-10-4-5-11(8-10)14(2)12-6-7-15-9-12/h10-13H,3-9H2,1-2H3. The molecule has 2 fully saturated rings. The van der Waals surface area contributed by atoms with Crippen molar-refractivity contribution < 1.29 is 4.74 Å². The van der Waals surface area contributed by atoms with Crippen molar-refractivity contribution in [3.8, 4) is 0 Å². The molecule has 0 amide bonds. The van der Waals surface area contributed by atoms with Crippen LogP contribution in [-0.4, -0.2) is 49.8 Å². The molecule has 1 aliphatic heterocycles. The molecule has 2 aliphatic rings. The molecule has 1 saturated heterocycles. The SMILES string of the molecule is CCNC1CCC(N(C)C2CCOC2)C1. The van der Waals surface area contributed by atoms with E-state index in [1.54, 1.807) is 0 Å². The zero-order chi connectivity index (χ0) is 10.7. The Bertz CT molecular complexity index is 192. The second-order valence-electron chi connectivity index (χ2n) is 4.90. The predicted molar refractivity (Wildman–Crippen MR) is 62.1 cm³/mol. The van der Waals surface area contributed by atoms with E-state index in [1.165, 1.54) is 25.7 Å². The van der Waals surface area contributed by atoms with Crippen molar-refractivity contribution in [2.45, 2.75) is 50.7 Å². The number of rotatable bonds is 4. The normalized spacial score (nSPS) is 36.6. The van der Waals surface area contributed by atoms with Gasteiger partial charge in [-0.25, -0.2) is 0 Å². The quantitative estimate of drug-likeness (QED) is 0.759. The van der Waals surface area contributed by atoms with Gasteiger partial charge in [-0.2, -0.15) is 0 Å². The van der Waals surface area contributed by atoms with Gasteiger partial charge in [0, 0.05) is 24.7 Å². The van der Waals surface area contributed by atoms with Gasteiger partial charge < -0.3 is 10.1 Å². The maximum absolute atomic E-state index is 5.45.